The maximum Gasteiger partial charge on any atom is 0.296 e. The minimum absolute atomic E-state index is 0.226. The molecule has 0 saturated carbocycles. The molecule has 0 aliphatic heterocycles. The number of thioether (sulfide) groups is 2. The molecular formula is C12H15NO2S2. The molecule has 0 fully saturated rings. The fourth-order valence-corrected chi connectivity index (χ4v) is 3.56. The van der Waals surface area contributed by atoms with Crippen molar-refractivity contribution < 1.29 is 4.92 Å². The van der Waals surface area contributed by atoms with Crippen LogP contribution in [-0.2, 0) is 0 Å². The highest BCUT2D eigenvalue weighted by atomic mass is 32.2. The Morgan fingerprint density at radius 3 is 2.12 bits per heavy atom. The van der Waals surface area contributed by atoms with E-state index in [0.717, 1.165) is 15.7 Å². The highest BCUT2D eigenvalue weighted by molar-refractivity contribution is 8.22. The lowest BCUT2D eigenvalue weighted by atomic mass is 10.2. The summed E-state index contributed by atoms with van der Waals surface area (Å²) in [6.07, 6.45) is 0. The van der Waals surface area contributed by atoms with Crippen molar-refractivity contribution in [3.05, 3.63) is 50.2 Å². The van der Waals surface area contributed by atoms with Gasteiger partial charge in [-0.05, 0) is 23.6 Å². The Morgan fingerprint density at radius 1 is 1.18 bits per heavy atom. The monoisotopic (exact) mass is 269 g/mol. The van der Waals surface area contributed by atoms with Crippen LogP contribution in [0.5, 0.6) is 0 Å². The topological polar surface area (TPSA) is 43.1 Å². The molecule has 0 unspecified atom stereocenters. The Labute approximate surface area is 110 Å². The molecule has 0 bridgehead atoms. The minimum atomic E-state index is -0.282. The zero-order valence-electron chi connectivity index (χ0n) is 9.88. The van der Waals surface area contributed by atoms with Gasteiger partial charge in [-0.1, -0.05) is 32.0 Å². The second-order valence-electron chi connectivity index (χ2n) is 3.13. The van der Waals surface area contributed by atoms with Gasteiger partial charge in [0.1, 0.15) is 4.24 Å². The lowest BCUT2D eigenvalue weighted by Gasteiger charge is -2.06. The maximum atomic E-state index is 11.2. The van der Waals surface area contributed by atoms with E-state index in [1.807, 2.05) is 32.0 Å². The van der Waals surface area contributed by atoms with E-state index >= 15 is 0 Å². The van der Waals surface area contributed by atoms with Crippen molar-refractivity contribution in [2.75, 3.05) is 11.5 Å². The second kappa shape index (κ2) is 7.40. The molecule has 0 N–H and O–H groups in total. The third kappa shape index (κ3) is 4.09. The van der Waals surface area contributed by atoms with Crippen LogP contribution in [0.25, 0.3) is 5.70 Å². The third-order valence-electron chi connectivity index (χ3n) is 1.97. The van der Waals surface area contributed by atoms with E-state index in [9.17, 15) is 10.1 Å². The molecule has 0 aromatic heterocycles. The van der Waals surface area contributed by atoms with Crippen LogP contribution in [0.3, 0.4) is 0 Å². The lowest BCUT2D eigenvalue weighted by Crippen LogP contribution is -2.00. The molecule has 17 heavy (non-hydrogen) atoms. The van der Waals surface area contributed by atoms with Gasteiger partial charge in [0.25, 0.3) is 5.70 Å². The molecule has 0 radical (unpaired) electrons. The summed E-state index contributed by atoms with van der Waals surface area (Å²) in [6, 6.07) is 9.07. The van der Waals surface area contributed by atoms with Crippen LogP contribution < -0.4 is 0 Å². The summed E-state index contributed by atoms with van der Waals surface area (Å²) >= 11 is 3.07. The van der Waals surface area contributed by atoms with Gasteiger partial charge < -0.3 is 0 Å². The smallest absolute Gasteiger partial charge is 0.258 e. The predicted octanol–water partition coefficient (Wildman–Crippen LogP) is 4.10. The number of hydrogen-bond acceptors (Lipinski definition) is 4. The van der Waals surface area contributed by atoms with Gasteiger partial charge in [0.15, 0.2) is 0 Å². The van der Waals surface area contributed by atoms with E-state index in [4.69, 9.17) is 0 Å². The van der Waals surface area contributed by atoms with Crippen molar-refractivity contribution in [2.24, 2.45) is 0 Å². The molecule has 0 spiro atoms. The van der Waals surface area contributed by atoms with Crippen LogP contribution in [-0.4, -0.2) is 16.4 Å². The predicted molar refractivity (Wildman–Crippen MR) is 76.6 cm³/mol. The molecule has 0 saturated heterocycles. The average Bonchev–Trinajstić information content (AvgIpc) is 2.31. The Hall–Kier alpha value is -0.940. The summed E-state index contributed by atoms with van der Waals surface area (Å²) in [4.78, 5) is 10.9. The molecule has 0 amide bonds. The maximum absolute atomic E-state index is 11.2. The summed E-state index contributed by atoms with van der Waals surface area (Å²) in [7, 11) is 0. The number of nitro groups is 1. The van der Waals surface area contributed by atoms with E-state index in [0.29, 0.717) is 5.56 Å². The van der Waals surface area contributed by atoms with E-state index in [1.54, 1.807) is 12.1 Å². The molecule has 92 valence electrons. The summed E-state index contributed by atoms with van der Waals surface area (Å²) in [5.41, 5.74) is 0.902. The Kier molecular flexibility index (Phi) is 6.15. The second-order valence-corrected chi connectivity index (χ2v) is 5.93. The van der Waals surface area contributed by atoms with Crippen molar-refractivity contribution >= 4 is 29.2 Å². The molecule has 1 aromatic rings. The average molecular weight is 269 g/mol. The van der Waals surface area contributed by atoms with Crippen LogP contribution in [0.4, 0.5) is 0 Å². The first-order valence-electron chi connectivity index (χ1n) is 5.40. The van der Waals surface area contributed by atoms with Crippen molar-refractivity contribution in [3.8, 4) is 0 Å². The van der Waals surface area contributed by atoms with Gasteiger partial charge in [-0.2, -0.15) is 0 Å². The van der Waals surface area contributed by atoms with Crippen molar-refractivity contribution in [1.29, 1.82) is 0 Å². The molecular weight excluding hydrogens is 254 g/mol. The largest absolute Gasteiger partial charge is 0.296 e. The zero-order valence-corrected chi connectivity index (χ0v) is 11.5. The fourth-order valence-electron chi connectivity index (χ4n) is 1.33. The van der Waals surface area contributed by atoms with Gasteiger partial charge >= 0.3 is 0 Å². The fraction of sp³-hybridized carbons (Fsp3) is 0.333. The lowest BCUT2D eigenvalue weighted by molar-refractivity contribution is -0.375. The first kappa shape index (κ1) is 14.1. The Morgan fingerprint density at radius 2 is 1.71 bits per heavy atom. The van der Waals surface area contributed by atoms with Gasteiger partial charge in [0.05, 0.1) is 10.5 Å². The van der Waals surface area contributed by atoms with Crippen LogP contribution in [0.2, 0.25) is 0 Å². The minimum Gasteiger partial charge on any atom is -0.258 e. The highest BCUT2D eigenvalue weighted by Gasteiger charge is 2.20. The van der Waals surface area contributed by atoms with Gasteiger partial charge in [0.2, 0.25) is 0 Å². The first-order chi connectivity index (χ1) is 8.20. The van der Waals surface area contributed by atoms with Crippen LogP contribution in [0.1, 0.15) is 19.4 Å². The molecule has 5 heteroatoms. The standard InChI is InChI=1S/C12H15NO2S2/c1-3-16-12(17-4-2)11(13(14)15)10-8-6-5-7-9-10/h5-9H,3-4H2,1-2H3. The van der Waals surface area contributed by atoms with Crippen LogP contribution in [0.15, 0.2) is 34.6 Å². The normalized spacial score (nSPS) is 10.0. The van der Waals surface area contributed by atoms with E-state index in [-0.39, 0.29) is 10.6 Å². The first-order valence-corrected chi connectivity index (χ1v) is 7.37. The van der Waals surface area contributed by atoms with E-state index in [2.05, 4.69) is 0 Å². The summed E-state index contributed by atoms with van der Waals surface area (Å²) in [5.74, 6) is 1.68. The zero-order chi connectivity index (χ0) is 12.7. The third-order valence-corrected chi connectivity index (χ3v) is 4.17. The summed E-state index contributed by atoms with van der Waals surface area (Å²) < 4.78 is 0.797. The SMILES string of the molecule is CCSC(SCC)=C(c1ccccc1)[N+](=O)[O-]. The van der Waals surface area contributed by atoms with Gasteiger partial charge in [-0.3, -0.25) is 10.1 Å². The van der Waals surface area contributed by atoms with Gasteiger partial charge in [-0.15, -0.1) is 23.5 Å². The Bertz CT molecular complexity index is 396. The number of hydrogen-bond donors (Lipinski definition) is 0. The van der Waals surface area contributed by atoms with Crippen LogP contribution >= 0.6 is 23.5 Å². The van der Waals surface area contributed by atoms with Gasteiger partial charge in [-0.25, -0.2) is 0 Å². The summed E-state index contributed by atoms with van der Waals surface area (Å²) in [5, 5.41) is 11.2. The number of benzene rings is 1. The van der Waals surface area contributed by atoms with Crippen LogP contribution in [0, 0.1) is 10.1 Å². The van der Waals surface area contributed by atoms with E-state index in [1.165, 1.54) is 23.5 Å². The molecule has 1 aromatic carbocycles. The molecule has 0 heterocycles. The number of rotatable bonds is 6. The van der Waals surface area contributed by atoms with Crippen molar-refractivity contribution in [3.63, 3.8) is 0 Å². The Balaban J connectivity index is 3.21. The molecule has 0 aliphatic carbocycles. The van der Waals surface area contributed by atoms with Crippen molar-refractivity contribution in [2.45, 2.75) is 13.8 Å². The van der Waals surface area contributed by atoms with E-state index < -0.39 is 0 Å². The van der Waals surface area contributed by atoms with Crippen molar-refractivity contribution in [1.82, 2.24) is 0 Å². The molecule has 0 atom stereocenters. The molecule has 1 rings (SSSR count). The number of nitrogens with zero attached hydrogens (tertiary/aromatic N) is 1. The quantitative estimate of drug-likeness (QED) is 0.576. The molecule has 3 nitrogen and oxygen atoms in total. The molecule has 0 aliphatic rings. The highest BCUT2D eigenvalue weighted by Crippen LogP contribution is 2.35. The summed E-state index contributed by atoms with van der Waals surface area (Å²) in [6.45, 7) is 4.01. The van der Waals surface area contributed by atoms with Gasteiger partial charge in [0, 0.05) is 0 Å².